The molecule has 2 N–H and O–H groups in total. The lowest BCUT2D eigenvalue weighted by molar-refractivity contribution is -0.302. The number of aliphatic carboxylic acids is 1. The van der Waals surface area contributed by atoms with Crippen molar-refractivity contribution < 1.29 is 20.1 Å². The molecule has 0 bridgehead atoms. The molecule has 0 amide bonds. The molecule has 1 aromatic heterocycles. The second-order valence-electron chi connectivity index (χ2n) is 4.77. The van der Waals surface area contributed by atoms with Crippen molar-refractivity contribution in [2.75, 3.05) is 13.1 Å². The summed E-state index contributed by atoms with van der Waals surface area (Å²) in [6.07, 6.45) is 3.78. The van der Waals surface area contributed by atoms with Crippen molar-refractivity contribution in [1.29, 1.82) is 0 Å². The number of nitrogens with zero attached hydrogens (tertiary/aromatic N) is 1. The Labute approximate surface area is 130 Å². The van der Waals surface area contributed by atoms with Crippen LogP contribution in [-0.2, 0) is 4.79 Å². The van der Waals surface area contributed by atoms with E-state index in [2.05, 4.69) is 4.58 Å². The van der Waals surface area contributed by atoms with E-state index in [0.29, 0.717) is 0 Å². The van der Waals surface area contributed by atoms with Crippen molar-refractivity contribution in [3.8, 4) is 11.5 Å². The first kappa shape index (κ1) is 15.8. The number of phenolic OH excluding ortho intramolecular Hbond substituents is 2. The Morgan fingerprint density at radius 1 is 1.10 bits per heavy atom. The Morgan fingerprint density at radius 3 is 1.95 bits per heavy atom. The van der Waals surface area contributed by atoms with Crippen LogP contribution in [-0.4, -0.2) is 29.3 Å². The molecule has 1 fully saturated rings. The summed E-state index contributed by atoms with van der Waals surface area (Å²) in [5.41, 5.74) is 0. The summed E-state index contributed by atoms with van der Waals surface area (Å²) in [6.45, 7) is 3.15. The molecule has 0 spiro atoms. The lowest BCUT2D eigenvalue weighted by atomic mass is 10.2. The smallest absolute Gasteiger partial charge is 0.315 e. The fourth-order valence-corrected chi connectivity index (χ4v) is 4.77. The molecule has 0 radical (unpaired) electrons. The van der Waals surface area contributed by atoms with Crippen LogP contribution in [0, 0.1) is 0 Å². The number of hydrogen-bond donors (Lipinski definition) is 2. The van der Waals surface area contributed by atoms with Gasteiger partial charge in [-0.1, -0.05) is 22.7 Å². The summed E-state index contributed by atoms with van der Waals surface area (Å²) in [5.74, 6) is -0.551. The lowest BCUT2D eigenvalue weighted by Crippen LogP contribution is -2.31. The molecule has 7 heteroatoms. The van der Waals surface area contributed by atoms with Crippen molar-refractivity contribution in [2.24, 2.45) is 0 Å². The minimum atomic E-state index is -1.08. The molecule has 2 heterocycles. The number of benzene rings is 1. The van der Waals surface area contributed by atoms with E-state index in [1.165, 1.54) is 23.2 Å². The number of fused-ring (bicyclic) bond motifs is 1. The van der Waals surface area contributed by atoms with Gasteiger partial charge in [0.1, 0.15) is 24.6 Å². The molecule has 2 aromatic rings. The van der Waals surface area contributed by atoms with E-state index in [1.807, 2.05) is 0 Å². The molecular formula is C14H17NO4S2. The molecule has 1 aliphatic heterocycles. The maximum atomic E-state index is 9.79. The first-order chi connectivity index (χ1) is 9.99. The molecule has 0 atom stereocenters. The van der Waals surface area contributed by atoms with Gasteiger partial charge in [0.2, 0.25) is 0 Å². The second kappa shape index (κ2) is 6.91. The van der Waals surface area contributed by atoms with Crippen molar-refractivity contribution >= 4 is 38.0 Å². The SMILES string of the molecule is CC(=O)[O-].Oc1ccc(O)c2sc(=[N+]3CCCCC3)sc12. The van der Waals surface area contributed by atoms with Crippen LogP contribution in [0.4, 0.5) is 0 Å². The highest BCUT2D eigenvalue weighted by atomic mass is 32.2. The van der Waals surface area contributed by atoms with Gasteiger partial charge in [-0.05, 0) is 25.5 Å². The van der Waals surface area contributed by atoms with Gasteiger partial charge in [-0.15, -0.1) is 0 Å². The van der Waals surface area contributed by atoms with E-state index >= 15 is 0 Å². The van der Waals surface area contributed by atoms with Crippen molar-refractivity contribution in [3.05, 3.63) is 16.1 Å². The van der Waals surface area contributed by atoms with E-state index in [9.17, 15) is 10.2 Å². The molecular weight excluding hydrogens is 310 g/mol. The van der Waals surface area contributed by atoms with Gasteiger partial charge in [0.25, 0.3) is 0 Å². The zero-order valence-corrected chi connectivity index (χ0v) is 13.3. The minimum Gasteiger partial charge on any atom is -0.550 e. The number of rotatable bonds is 0. The molecule has 1 aromatic carbocycles. The van der Waals surface area contributed by atoms with E-state index in [-0.39, 0.29) is 11.5 Å². The van der Waals surface area contributed by atoms with Gasteiger partial charge in [-0.25, -0.2) is 4.58 Å². The zero-order valence-electron chi connectivity index (χ0n) is 11.7. The number of carbonyl (C=O) groups excluding carboxylic acids is 1. The number of phenols is 2. The zero-order chi connectivity index (χ0) is 15.4. The topological polar surface area (TPSA) is 83.6 Å². The molecule has 0 saturated carbocycles. The summed E-state index contributed by atoms with van der Waals surface area (Å²) in [7, 11) is 0. The van der Waals surface area contributed by atoms with Gasteiger partial charge in [0.05, 0.1) is 9.40 Å². The Morgan fingerprint density at radius 2 is 1.52 bits per heavy atom. The monoisotopic (exact) mass is 327 g/mol. The first-order valence-corrected chi connectivity index (χ1v) is 8.32. The van der Waals surface area contributed by atoms with Gasteiger partial charge < -0.3 is 20.1 Å². The third-order valence-corrected chi connectivity index (χ3v) is 5.79. The largest absolute Gasteiger partial charge is 0.550 e. The van der Waals surface area contributed by atoms with Crippen molar-refractivity contribution in [2.45, 2.75) is 26.2 Å². The maximum Gasteiger partial charge on any atom is 0.315 e. The molecule has 1 saturated heterocycles. The fraction of sp³-hybridized carbons (Fsp3) is 0.429. The molecule has 5 nitrogen and oxygen atoms in total. The summed E-state index contributed by atoms with van der Waals surface area (Å²) >= 11 is 3.16. The number of carboxylic acid groups (broad SMARTS) is 1. The Kier molecular flexibility index (Phi) is 5.19. The summed E-state index contributed by atoms with van der Waals surface area (Å²) < 4.78 is 5.15. The van der Waals surface area contributed by atoms with Gasteiger partial charge in [0.15, 0.2) is 0 Å². The molecule has 0 aliphatic carbocycles. The second-order valence-corrected chi connectivity index (χ2v) is 7.03. The number of carbonyl (C=O) groups is 1. The molecule has 0 unspecified atom stereocenters. The quantitative estimate of drug-likeness (QED) is 0.560. The standard InChI is InChI=1S/C12H13NO2S2.C2H4O2/c14-8-4-5-9(15)11-10(8)16-12(17-11)13-6-2-1-3-7-13;1-2(3)4/h4-5H,1-3,6-7H2,(H-,14,15);1H3,(H,3,4). The van der Waals surface area contributed by atoms with E-state index in [4.69, 9.17) is 9.90 Å². The van der Waals surface area contributed by atoms with E-state index in [0.717, 1.165) is 29.4 Å². The summed E-state index contributed by atoms with van der Waals surface area (Å²) in [6, 6.07) is 3.11. The first-order valence-electron chi connectivity index (χ1n) is 6.69. The predicted molar refractivity (Wildman–Crippen MR) is 82.6 cm³/mol. The van der Waals surface area contributed by atoms with Crippen molar-refractivity contribution in [1.82, 2.24) is 4.58 Å². The van der Waals surface area contributed by atoms with Crippen LogP contribution < -0.4 is 13.7 Å². The number of carboxylic acids is 1. The lowest BCUT2D eigenvalue weighted by Gasteiger charge is -2.07. The molecule has 114 valence electrons. The van der Waals surface area contributed by atoms with Crippen LogP contribution in [0.2, 0.25) is 0 Å². The average molecular weight is 327 g/mol. The minimum absolute atomic E-state index is 0.266. The van der Waals surface area contributed by atoms with Gasteiger partial charge in [-0.2, -0.15) is 0 Å². The van der Waals surface area contributed by atoms with E-state index in [1.54, 1.807) is 34.8 Å². The molecule has 3 rings (SSSR count). The van der Waals surface area contributed by atoms with Crippen LogP contribution in [0.25, 0.3) is 9.40 Å². The normalized spacial score (nSPS) is 14.6. The van der Waals surface area contributed by atoms with Gasteiger partial charge >= 0.3 is 3.98 Å². The summed E-state index contributed by atoms with van der Waals surface area (Å²) in [5, 5.41) is 28.5. The Bertz CT molecular complexity index is 663. The number of hydrogen-bond acceptors (Lipinski definition) is 6. The van der Waals surface area contributed by atoms with Crippen LogP contribution in [0.3, 0.4) is 0 Å². The summed E-state index contributed by atoms with van der Waals surface area (Å²) in [4.78, 5) is 8.89. The Balaban J connectivity index is 0.000000361. The van der Waals surface area contributed by atoms with Crippen LogP contribution in [0.5, 0.6) is 11.5 Å². The predicted octanol–water partition coefficient (Wildman–Crippen LogP) is 1.09. The highest BCUT2D eigenvalue weighted by Gasteiger charge is 2.16. The third kappa shape index (κ3) is 3.95. The van der Waals surface area contributed by atoms with Crippen molar-refractivity contribution in [3.63, 3.8) is 0 Å². The van der Waals surface area contributed by atoms with E-state index < -0.39 is 5.97 Å². The highest BCUT2D eigenvalue weighted by Crippen LogP contribution is 2.36. The van der Waals surface area contributed by atoms with Crippen LogP contribution in [0.1, 0.15) is 26.2 Å². The Hall–Kier alpha value is -1.60. The molecule has 1 aliphatic rings. The fourth-order valence-electron chi connectivity index (χ4n) is 2.14. The van der Waals surface area contributed by atoms with Crippen LogP contribution >= 0.6 is 22.7 Å². The van der Waals surface area contributed by atoms with Gasteiger partial charge in [-0.3, -0.25) is 0 Å². The van der Waals surface area contributed by atoms with Gasteiger partial charge in [0, 0.05) is 18.8 Å². The number of piperidine rings is 1. The third-order valence-electron chi connectivity index (χ3n) is 3.06. The van der Waals surface area contributed by atoms with Crippen LogP contribution in [0.15, 0.2) is 12.1 Å². The average Bonchev–Trinajstić information content (AvgIpc) is 2.90. The maximum absolute atomic E-state index is 9.79. The number of aromatic hydroxyl groups is 2. The highest BCUT2D eigenvalue weighted by molar-refractivity contribution is 7.36. The molecule has 21 heavy (non-hydrogen) atoms.